The van der Waals surface area contributed by atoms with Gasteiger partial charge in [0.15, 0.2) is 0 Å². The maximum absolute atomic E-state index is 3.27. The second kappa shape index (κ2) is 4.40. The summed E-state index contributed by atoms with van der Waals surface area (Å²) in [7, 11) is 6.12. The van der Waals surface area contributed by atoms with Gasteiger partial charge in [-0.3, -0.25) is 4.90 Å². The van der Waals surface area contributed by atoms with Gasteiger partial charge in [0.05, 0.1) is 6.17 Å². The molecule has 0 amide bonds. The van der Waals surface area contributed by atoms with Gasteiger partial charge in [0.25, 0.3) is 0 Å². The number of rotatable bonds is 3. The minimum absolute atomic E-state index is 0.305. The largest absolute Gasteiger partial charge is 0.301 e. The van der Waals surface area contributed by atoms with E-state index in [0.29, 0.717) is 6.17 Å². The molecule has 0 radical (unpaired) electrons. The number of nitrogens with zero attached hydrogens (tertiary/aromatic N) is 1. The molecule has 0 fully saturated rings. The van der Waals surface area contributed by atoms with Crippen LogP contribution in [0.5, 0.6) is 0 Å². The van der Waals surface area contributed by atoms with Crippen LogP contribution in [0.3, 0.4) is 0 Å². The van der Waals surface area contributed by atoms with E-state index in [1.807, 2.05) is 7.05 Å². The first-order valence-corrected chi connectivity index (χ1v) is 4.55. The Hall–Kier alpha value is -0.860. The summed E-state index contributed by atoms with van der Waals surface area (Å²) >= 11 is 0. The van der Waals surface area contributed by atoms with Crippen LogP contribution in [-0.2, 0) is 0 Å². The smallest absolute Gasteiger partial charge is 0.0853 e. The van der Waals surface area contributed by atoms with E-state index in [1.165, 1.54) is 11.1 Å². The molecule has 2 nitrogen and oxygen atoms in total. The molecular formula is C11H18N2. The Kier molecular flexibility index (Phi) is 3.46. The fraction of sp³-hybridized carbons (Fsp3) is 0.455. The zero-order valence-electron chi connectivity index (χ0n) is 8.83. The molecule has 1 aromatic carbocycles. The molecule has 0 aliphatic rings. The highest BCUT2D eigenvalue weighted by Crippen LogP contribution is 2.15. The third-order valence-corrected chi connectivity index (χ3v) is 2.15. The van der Waals surface area contributed by atoms with Gasteiger partial charge in [-0.15, -0.1) is 0 Å². The van der Waals surface area contributed by atoms with Crippen molar-refractivity contribution in [2.45, 2.75) is 13.1 Å². The van der Waals surface area contributed by atoms with Crippen LogP contribution in [0, 0.1) is 6.92 Å². The number of hydrogen-bond acceptors (Lipinski definition) is 2. The van der Waals surface area contributed by atoms with E-state index in [9.17, 15) is 0 Å². The van der Waals surface area contributed by atoms with E-state index in [-0.39, 0.29) is 0 Å². The van der Waals surface area contributed by atoms with E-state index in [4.69, 9.17) is 0 Å². The topological polar surface area (TPSA) is 15.3 Å². The number of benzene rings is 1. The Morgan fingerprint density at radius 2 is 2.00 bits per heavy atom. The molecule has 0 spiro atoms. The maximum atomic E-state index is 3.27. The molecule has 0 aliphatic carbocycles. The van der Waals surface area contributed by atoms with Crippen LogP contribution in [0.2, 0.25) is 0 Å². The SMILES string of the molecule is CNC(c1cccc(C)c1)N(C)C. The maximum Gasteiger partial charge on any atom is 0.0853 e. The van der Waals surface area contributed by atoms with Gasteiger partial charge in [-0.1, -0.05) is 29.8 Å². The zero-order valence-corrected chi connectivity index (χ0v) is 8.83. The molecular weight excluding hydrogens is 160 g/mol. The summed E-state index contributed by atoms with van der Waals surface area (Å²) in [6.45, 7) is 2.12. The summed E-state index contributed by atoms with van der Waals surface area (Å²) in [5.41, 5.74) is 2.62. The molecule has 0 heterocycles. The van der Waals surface area contributed by atoms with Crippen LogP contribution in [-0.4, -0.2) is 26.0 Å². The first-order valence-electron chi connectivity index (χ1n) is 4.55. The van der Waals surface area contributed by atoms with E-state index < -0.39 is 0 Å². The van der Waals surface area contributed by atoms with Crippen molar-refractivity contribution in [2.75, 3.05) is 21.1 Å². The first kappa shape index (κ1) is 10.2. The highest BCUT2D eigenvalue weighted by Gasteiger charge is 2.10. The van der Waals surface area contributed by atoms with Crippen molar-refractivity contribution >= 4 is 0 Å². The fourth-order valence-electron chi connectivity index (χ4n) is 1.56. The van der Waals surface area contributed by atoms with Crippen LogP contribution < -0.4 is 5.32 Å². The monoisotopic (exact) mass is 178 g/mol. The lowest BCUT2D eigenvalue weighted by Gasteiger charge is -2.24. The lowest BCUT2D eigenvalue weighted by Crippen LogP contribution is -2.30. The number of aryl methyl sites for hydroxylation is 1. The van der Waals surface area contributed by atoms with Crippen molar-refractivity contribution in [1.29, 1.82) is 0 Å². The zero-order chi connectivity index (χ0) is 9.84. The molecule has 2 heteroatoms. The van der Waals surface area contributed by atoms with Gasteiger partial charge in [-0.05, 0) is 33.6 Å². The van der Waals surface area contributed by atoms with Crippen LogP contribution in [0.1, 0.15) is 17.3 Å². The third kappa shape index (κ3) is 2.54. The molecule has 1 aromatic rings. The van der Waals surface area contributed by atoms with Crippen molar-refractivity contribution in [3.8, 4) is 0 Å². The summed E-state index contributed by atoms with van der Waals surface area (Å²) in [6.07, 6.45) is 0.305. The average molecular weight is 178 g/mol. The van der Waals surface area contributed by atoms with E-state index in [2.05, 4.69) is 55.5 Å². The minimum Gasteiger partial charge on any atom is -0.301 e. The normalized spacial score (nSPS) is 13.3. The van der Waals surface area contributed by atoms with Crippen molar-refractivity contribution in [3.05, 3.63) is 35.4 Å². The Morgan fingerprint density at radius 1 is 1.31 bits per heavy atom. The molecule has 1 unspecified atom stereocenters. The predicted octanol–water partition coefficient (Wildman–Crippen LogP) is 1.77. The summed E-state index contributed by atoms with van der Waals surface area (Å²) in [6, 6.07) is 8.57. The minimum atomic E-state index is 0.305. The molecule has 0 saturated carbocycles. The summed E-state index contributed by atoms with van der Waals surface area (Å²) in [4.78, 5) is 2.16. The predicted molar refractivity (Wildman–Crippen MR) is 56.7 cm³/mol. The molecule has 1 rings (SSSR count). The summed E-state index contributed by atoms with van der Waals surface area (Å²) < 4.78 is 0. The lowest BCUT2D eigenvalue weighted by molar-refractivity contribution is 0.264. The van der Waals surface area contributed by atoms with Gasteiger partial charge in [0, 0.05) is 0 Å². The van der Waals surface area contributed by atoms with Gasteiger partial charge < -0.3 is 5.32 Å². The molecule has 1 atom stereocenters. The fourth-order valence-corrected chi connectivity index (χ4v) is 1.56. The van der Waals surface area contributed by atoms with Crippen LogP contribution in [0.25, 0.3) is 0 Å². The van der Waals surface area contributed by atoms with Crippen molar-refractivity contribution < 1.29 is 0 Å². The molecule has 0 aliphatic heterocycles. The molecule has 0 saturated heterocycles. The van der Waals surface area contributed by atoms with Gasteiger partial charge in [-0.25, -0.2) is 0 Å². The van der Waals surface area contributed by atoms with Gasteiger partial charge >= 0.3 is 0 Å². The standard InChI is InChI=1S/C11H18N2/c1-9-6-5-7-10(8-9)11(12-2)13(3)4/h5-8,11-12H,1-4H3. The number of hydrogen-bond donors (Lipinski definition) is 1. The Bertz CT molecular complexity index is 269. The van der Waals surface area contributed by atoms with Gasteiger partial charge in [0.1, 0.15) is 0 Å². The first-order chi connectivity index (χ1) is 6.15. The molecule has 72 valence electrons. The Morgan fingerprint density at radius 3 is 2.46 bits per heavy atom. The van der Waals surface area contributed by atoms with Gasteiger partial charge in [0.2, 0.25) is 0 Å². The van der Waals surface area contributed by atoms with Crippen LogP contribution in [0.4, 0.5) is 0 Å². The van der Waals surface area contributed by atoms with E-state index >= 15 is 0 Å². The average Bonchev–Trinajstić information content (AvgIpc) is 2.04. The summed E-state index contributed by atoms with van der Waals surface area (Å²) in [5.74, 6) is 0. The highest BCUT2D eigenvalue weighted by atomic mass is 15.2. The second-order valence-electron chi connectivity index (χ2n) is 3.57. The number of nitrogens with one attached hydrogen (secondary N) is 1. The quantitative estimate of drug-likeness (QED) is 0.710. The van der Waals surface area contributed by atoms with Crippen molar-refractivity contribution in [3.63, 3.8) is 0 Å². The second-order valence-corrected chi connectivity index (χ2v) is 3.57. The van der Waals surface area contributed by atoms with E-state index in [1.54, 1.807) is 0 Å². The Labute approximate surface area is 80.6 Å². The van der Waals surface area contributed by atoms with Crippen LogP contribution in [0.15, 0.2) is 24.3 Å². The lowest BCUT2D eigenvalue weighted by atomic mass is 10.1. The molecule has 13 heavy (non-hydrogen) atoms. The molecule has 1 N–H and O–H groups in total. The third-order valence-electron chi connectivity index (χ3n) is 2.15. The molecule has 0 aromatic heterocycles. The highest BCUT2D eigenvalue weighted by molar-refractivity contribution is 5.24. The van der Waals surface area contributed by atoms with Crippen LogP contribution >= 0.6 is 0 Å². The summed E-state index contributed by atoms with van der Waals surface area (Å²) in [5, 5.41) is 3.27. The van der Waals surface area contributed by atoms with Gasteiger partial charge in [-0.2, -0.15) is 0 Å². The van der Waals surface area contributed by atoms with E-state index in [0.717, 1.165) is 0 Å². The van der Waals surface area contributed by atoms with Crippen molar-refractivity contribution in [2.24, 2.45) is 0 Å². The van der Waals surface area contributed by atoms with Crippen molar-refractivity contribution in [1.82, 2.24) is 10.2 Å². The molecule has 0 bridgehead atoms. The Balaban J connectivity index is 2.91.